The molecule has 0 radical (unpaired) electrons. The van der Waals surface area contributed by atoms with Crippen LogP contribution in [0.2, 0.25) is 0 Å². The third-order valence-electron chi connectivity index (χ3n) is 12.3. The van der Waals surface area contributed by atoms with Gasteiger partial charge in [0.25, 0.3) is 0 Å². The Hall–Kier alpha value is -4.16. The zero-order valence-electron chi connectivity index (χ0n) is 36.7. The smallest absolute Gasteiger partial charge is 0.220 e. The van der Waals surface area contributed by atoms with Gasteiger partial charge in [0.15, 0.2) is 6.29 Å². The maximum atomic E-state index is 14.8. The summed E-state index contributed by atoms with van der Waals surface area (Å²) in [5.74, 6) is -0.493. The highest BCUT2D eigenvalue weighted by Gasteiger charge is 2.61. The molecule has 3 aliphatic rings. The minimum absolute atomic E-state index is 0.223. The number of rotatable bonds is 20. The number of hydrogen-bond donors (Lipinski definition) is 1. The van der Waals surface area contributed by atoms with Gasteiger partial charge in [0.05, 0.1) is 60.0 Å². The summed E-state index contributed by atoms with van der Waals surface area (Å²) in [7, 11) is 7.94. The van der Waals surface area contributed by atoms with Gasteiger partial charge in [-0.2, -0.15) is 0 Å². The topological polar surface area (TPSA) is 138 Å². The summed E-state index contributed by atoms with van der Waals surface area (Å²) in [6, 6.07) is 32.9. The van der Waals surface area contributed by atoms with Crippen LogP contribution in [0.4, 0.5) is 0 Å². The molecule has 0 amide bonds. The van der Waals surface area contributed by atoms with Gasteiger partial charge in [-0.3, -0.25) is 0 Å². The average molecular weight is 860 g/mol. The van der Waals surface area contributed by atoms with Gasteiger partial charge in [0, 0.05) is 14.2 Å². The lowest BCUT2D eigenvalue weighted by atomic mass is 9.93. The molecule has 4 aromatic carbocycles. The molecule has 14 heteroatoms. The van der Waals surface area contributed by atoms with Crippen LogP contribution in [0, 0.1) is 0 Å². The molecule has 11 atom stereocenters. The predicted octanol–water partition coefficient (Wildman–Crippen LogP) is 3.85. The quantitative estimate of drug-likeness (QED) is 0.138. The molecule has 1 unspecified atom stereocenters. The molecule has 0 bridgehead atoms. The SMILES string of the molecule is COc1ccc(COC[C@@H]2[C@@H](OCc3ccc(OC)cc3)[C@H](OCc3ccc(OC)cc3)C[NH+]2C[C@H]2O[C@@H](OCc3ccccc3)[C@@H]3O[C@@](C)(OC)[C@](C)(OC)O[C@H]3[C@H]2[O-])cc1. The third kappa shape index (κ3) is 10.6. The van der Waals surface area contributed by atoms with E-state index in [1.54, 1.807) is 35.2 Å². The van der Waals surface area contributed by atoms with Crippen LogP contribution in [-0.2, 0) is 69.1 Å². The monoisotopic (exact) mass is 859 g/mol. The Morgan fingerprint density at radius 1 is 0.597 bits per heavy atom. The van der Waals surface area contributed by atoms with E-state index >= 15 is 0 Å². The van der Waals surface area contributed by atoms with E-state index in [9.17, 15) is 5.11 Å². The first kappa shape index (κ1) is 45.9. The summed E-state index contributed by atoms with van der Waals surface area (Å²) >= 11 is 0. The normalized spacial score (nSPS) is 30.7. The van der Waals surface area contributed by atoms with Crippen molar-refractivity contribution < 1.29 is 66.8 Å². The molecular weight excluding hydrogens is 799 g/mol. The van der Waals surface area contributed by atoms with E-state index in [2.05, 4.69) is 0 Å². The maximum absolute atomic E-state index is 14.8. The average Bonchev–Trinajstić information content (AvgIpc) is 3.64. The first-order valence-electron chi connectivity index (χ1n) is 21.1. The second kappa shape index (κ2) is 21.0. The Balaban J connectivity index is 1.17. The van der Waals surface area contributed by atoms with E-state index in [4.69, 9.17) is 56.8 Å². The summed E-state index contributed by atoms with van der Waals surface area (Å²) in [6.07, 6.45) is -5.96. The number of ether oxygens (including phenoxy) is 12. The summed E-state index contributed by atoms with van der Waals surface area (Å²) in [5.41, 5.74) is 3.89. The van der Waals surface area contributed by atoms with Crippen LogP contribution in [0.1, 0.15) is 36.1 Å². The Labute approximate surface area is 364 Å². The summed E-state index contributed by atoms with van der Waals surface area (Å²) < 4.78 is 74.2. The maximum Gasteiger partial charge on any atom is 0.220 e. The molecule has 1 N–H and O–H groups in total. The number of fused-ring (bicyclic) bond motifs is 1. The molecule has 3 fully saturated rings. The Morgan fingerprint density at radius 3 is 1.61 bits per heavy atom. The van der Waals surface area contributed by atoms with E-state index < -0.39 is 48.4 Å². The first-order chi connectivity index (χ1) is 30.1. The fraction of sp³-hybridized carbons (Fsp3) is 0.500. The molecule has 3 saturated heterocycles. The number of hydrogen-bond acceptors (Lipinski definition) is 13. The molecule has 14 nitrogen and oxygen atoms in total. The largest absolute Gasteiger partial charge is 0.848 e. The number of nitrogens with one attached hydrogen (secondary N) is 1. The third-order valence-corrected chi connectivity index (χ3v) is 12.3. The standard InChI is InChI=1S/C48H60NO13/c1-47(54-6)48(2,55-7)62-45-44(61-47)42(50)40(60-46(45)59-30-32-11-9-8-10-12-32)25-49-26-41(57-28-34-15-21-37(52-4)22-16-34)43(58-29-35-17-23-38(53-5)24-18-35)39(49)31-56-27-33-13-19-36(51-3)20-14-33/h8-24,39-46H,25-31H2,1-7H3/q-1/p+1/t39-,40-,41-,42+,43-,44+,45-,46-,47-,48-/m1/s1. The van der Waals surface area contributed by atoms with E-state index in [1.807, 2.05) is 103 Å². The Bertz CT molecular complexity index is 1950. The lowest BCUT2D eigenvalue weighted by molar-refractivity contribution is -0.920. The van der Waals surface area contributed by atoms with E-state index in [1.165, 1.54) is 14.2 Å². The van der Waals surface area contributed by atoms with Crippen molar-refractivity contribution in [1.29, 1.82) is 0 Å². The molecule has 0 aliphatic carbocycles. The molecule has 0 aromatic heterocycles. The lowest BCUT2D eigenvalue weighted by Crippen LogP contribution is -3.16. The highest BCUT2D eigenvalue weighted by Crippen LogP contribution is 2.43. The van der Waals surface area contributed by atoms with Gasteiger partial charge in [-0.1, -0.05) is 72.8 Å². The van der Waals surface area contributed by atoms with Gasteiger partial charge >= 0.3 is 0 Å². The van der Waals surface area contributed by atoms with Crippen molar-refractivity contribution in [3.05, 3.63) is 125 Å². The zero-order chi connectivity index (χ0) is 43.7. The Kier molecular flexibility index (Phi) is 15.5. The molecule has 0 spiro atoms. The molecule has 62 heavy (non-hydrogen) atoms. The summed E-state index contributed by atoms with van der Waals surface area (Å²) in [5, 5.41) is 14.8. The van der Waals surface area contributed by atoms with Crippen LogP contribution in [-0.4, -0.2) is 116 Å². The van der Waals surface area contributed by atoms with Crippen LogP contribution in [0.15, 0.2) is 103 Å². The van der Waals surface area contributed by atoms with Gasteiger partial charge in [-0.25, -0.2) is 0 Å². The van der Waals surface area contributed by atoms with Crippen molar-refractivity contribution in [3.8, 4) is 17.2 Å². The van der Waals surface area contributed by atoms with Gasteiger partial charge < -0.3 is 66.8 Å². The Morgan fingerprint density at radius 2 is 1.08 bits per heavy atom. The number of benzene rings is 4. The number of likely N-dealkylation sites (tertiary alicyclic amines) is 1. The van der Waals surface area contributed by atoms with Gasteiger partial charge in [-0.15, -0.1) is 0 Å². The summed E-state index contributed by atoms with van der Waals surface area (Å²) in [4.78, 5) is 1.03. The minimum atomic E-state index is -1.41. The molecule has 3 heterocycles. The van der Waals surface area contributed by atoms with Gasteiger partial charge in [-0.05, 0) is 72.5 Å². The minimum Gasteiger partial charge on any atom is -0.848 e. The number of methoxy groups -OCH3 is 5. The van der Waals surface area contributed by atoms with E-state index in [0.717, 1.165) is 44.4 Å². The molecule has 336 valence electrons. The summed E-state index contributed by atoms with van der Waals surface area (Å²) in [6.45, 7) is 5.76. The molecule has 0 saturated carbocycles. The second-order valence-electron chi connectivity index (χ2n) is 16.1. The van der Waals surface area contributed by atoms with Crippen LogP contribution >= 0.6 is 0 Å². The van der Waals surface area contributed by atoms with Crippen LogP contribution < -0.4 is 24.2 Å². The van der Waals surface area contributed by atoms with E-state index in [-0.39, 0.29) is 25.3 Å². The van der Waals surface area contributed by atoms with Crippen molar-refractivity contribution in [2.75, 3.05) is 55.2 Å². The van der Waals surface area contributed by atoms with Crippen LogP contribution in [0.5, 0.6) is 17.2 Å². The van der Waals surface area contributed by atoms with E-state index in [0.29, 0.717) is 33.0 Å². The zero-order valence-corrected chi connectivity index (χ0v) is 36.7. The van der Waals surface area contributed by atoms with Crippen molar-refractivity contribution in [3.63, 3.8) is 0 Å². The lowest BCUT2D eigenvalue weighted by Gasteiger charge is -2.59. The molecule has 3 aliphatic heterocycles. The van der Waals surface area contributed by atoms with Crippen molar-refractivity contribution in [2.24, 2.45) is 0 Å². The molecule has 4 aromatic rings. The predicted molar refractivity (Wildman–Crippen MR) is 225 cm³/mol. The second-order valence-corrected chi connectivity index (χ2v) is 16.1. The highest BCUT2D eigenvalue weighted by atomic mass is 16.8. The van der Waals surface area contributed by atoms with Crippen LogP contribution in [0.3, 0.4) is 0 Å². The first-order valence-corrected chi connectivity index (χ1v) is 21.1. The van der Waals surface area contributed by atoms with Crippen molar-refractivity contribution in [1.82, 2.24) is 0 Å². The van der Waals surface area contributed by atoms with Crippen molar-refractivity contribution in [2.45, 2.75) is 101 Å². The molecular formula is C48H61NO13. The highest BCUT2D eigenvalue weighted by molar-refractivity contribution is 5.28. The van der Waals surface area contributed by atoms with Gasteiger partial charge in [0.1, 0.15) is 61.3 Å². The fourth-order valence-corrected chi connectivity index (χ4v) is 8.35. The molecule has 7 rings (SSSR count). The van der Waals surface area contributed by atoms with Crippen molar-refractivity contribution >= 4 is 0 Å². The number of quaternary nitrogens is 1. The van der Waals surface area contributed by atoms with Gasteiger partial charge in [0.2, 0.25) is 11.6 Å². The van der Waals surface area contributed by atoms with Crippen LogP contribution in [0.25, 0.3) is 0 Å². The fourth-order valence-electron chi connectivity index (χ4n) is 8.35.